The number of halogens is 6. The molecule has 0 aromatic rings. The molecule has 0 bridgehead atoms. The fourth-order valence-electron chi connectivity index (χ4n) is 1.16. The SMILES string of the molecule is CCC(N)C(OCCCC(F)(F)F)C(F)(F)F. The highest BCUT2D eigenvalue weighted by atomic mass is 19.4. The molecule has 0 aliphatic rings. The molecule has 0 amide bonds. The molecular weight excluding hydrogens is 252 g/mol. The average molecular weight is 267 g/mol. The van der Waals surface area contributed by atoms with Gasteiger partial charge in [0.2, 0.25) is 0 Å². The van der Waals surface area contributed by atoms with Gasteiger partial charge in [-0.25, -0.2) is 0 Å². The zero-order chi connectivity index (χ0) is 13.7. The van der Waals surface area contributed by atoms with E-state index in [9.17, 15) is 26.3 Å². The summed E-state index contributed by atoms with van der Waals surface area (Å²) >= 11 is 0. The van der Waals surface area contributed by atoms with E-state index in [0.29, 0.717) is 0 Å². The van der Waals surface area contributed by atoms with Crippen LogP contribution in [0.4, 0.5) is 26.3 Å². The Labute approximate surface area is 95.1 Å². The molecule has 0 saturated heterocycles. The summed E-state index contributed by atoms with van der Waals surface area (Å²) in [5, 5.41) is 0. The van der Waals surface area contributed by atoms with Gasteiger partial charge in [-0.2, -0.15) is 26.3 Å². The summed E-state index contributed by atoms with van der Waals surface area (Å²) in [7, 11) is 0. The summed E-state index contributed by atoms with van der Waals surface area (Å²) in [6.45, 7) is 0.833. The lowest BCUT2D eigenvalue weighted by molar-refractivity contribution is -0.228. The third kappa shape index (κ3) is 7.43. The van der Waals surface area contributed by atoms with Crippen molar-refractivity contribution in [3.8, 4) is 0 Å². The Balaban J connectivity index is 4.11. The van der Waals surface area contributed by atoms with E-state index in [1.807, 2.05) is 0 Å². The molecule has 0 aromatic heterocycles. The van der Waals surface area contributed by atoms with Gasteiger partial charge in [0, 0.05) is 19.1 Å². The van der Waals surface area contributed by atoms with Gasteiger partial charge in [0.15, 0.2) is 6.10 Å². The summed E-state index contributed by atoms with van der Waals surface area (Å²) in [4.78, 5) is 0. The number of nitrogens with two attached hydrogens (primary N) is 1. The van der Waals surface area contributed by atoms with Gasteiger partial charge in [0.05, 0.1) is 0 Å². The van der Waals surface area contributed by atoms with Crippen LogP contribution in [0, 0.1) is 0 Å². The first-order valence-corrected chi connectivity index (χ1v) is 5.08. The van der Waals surface area contributed by atoms with Crippen molar-refractivity contribution >= 4 is 0 Å². The van der Waals surface area contributed by atoms with E-state index >= 15 is 0 Å². The molecule has 8 heteroatoms. The standard InChI is InChI=1S/C9H15F6NO/c1-2-6(16)7(9(13,14)15)17-5-3-4-8(10,11)12/h6-7H,2-5,16H2,1H3. The van der Waals surface area contributed by atoms with Crippen LogP contribution in [0.2, 0.25) is 0 Å². The van der Waals surface area contributed by atoms with Gasteiger partial charge in [-0.1, -0.05) is 6.92 Å². The highest BCUT2D eigenvalue weighted by molar-refractivity contribution is 4.79. The summed E-state index contributed by atoms with van der Waals surface area (Å²) < 4.78 is 76.8. The Morgan fingerprint density at radius 2 is 1.65 bits per heavy atom. The maximum absolute atomic E-state index is 12.4. The molecule has 0 heterocycles. The fourth-order valence-corrected chi connectivity index (χ4v) is 1.16. The number of hydrogen-bond donors (Lipinski definition) is 1. The fraction of sp³-hybridized carbons (Fsp3) is 1.00. The monoisotopic (exact) mass is 267 g/mol. The van der Waals surface area contributed by atoms with Gasteiger partial charge in [-0.3, -0.25) is 0 Å². The highest BCUT2D eigenvalue weighted by Crippen LogP contribution is 2.27. The van der Waals surface area contributed by atoms with E-state index < -0.39 is 43.9 Å². The van der Waals surface area contributed by atoms with E-state index in [0.717, 1.165) is 0 Å². The molecule has 0 spiro atoms. The molecule has 2 nitrogen and oxygen atoms in total. The van der Waals surface area contributed by atoms with Gasteiger partial charge < -0.3 is 10.5 Å². The zero-order valence-corrected chi connectivity index (χ0v) is 9.24. The minimum absolute atomic E-state index is 0.0312. The first-order chi connectivity index (χ1) is 7.58. The third-order valence-electron chi connectivity index (χ3n) is 2.08. The molecule has 0 aliphatic heterocycles. The van der Waals surface area contributed by atoms with Crippen molar-refractivity contribution in [2.24, 2.45) is 5.73 Å². The lowest BCUT2D eigenvalue weighted by Crippen LogP contribution is -2.46. The quantitative estimate of drug-likeness (QED) is 0.593. The molecule has 2 unspecified atom stereocenters. The second-order valence-electron chi connectivity index (χ2n) is 3.62. The van der Waals surface area contributed by atoms with Crippen molar-refractivity contribution in [2.75, 3.05) is 6.61 Å². The van der Waals surface area contributed by atoms with Crippen molar-refractivity contribution in [1.29, 1.82) is 0 Å². The second-order valence-corrected chi connectivity index (χ2v) is 3.62. The van der Waals surface area contributed by atoms with Crippen LogP contribution in [0.3, 0.4) is 0 Å². The Morgan fingerprint density at radius 1 is 1.12 bits per heavy atom. The number of ether oxygens (including phenoxy) is 1. The van der Waals surface area contributed by atoms with Crippen LogP contribution in [0.5, 0.6) is 0 Å². The second kappa shape index (κ2) is 6.44. The van der Waals surface area contributed by atoms with Crippen LogP contribution in [0.25, 0.3) is 0 Å². The predicted octanol–water partition coefficient (Wildman–Crippen LogP) is 3.01. The van der Waals surface area contributed by atoms with Crippen LogP contribution in [0.1, 0.15) is 26.2 Å². The molecule has 17 heavy (non-hydrogen) atoms. The first kappa shape index (κ1) is 16.5. The van der Waals surface area contributed by atoms with Crippen molar-refractivity contribution in [1.82, 2.24) is 0 Å². The minimum atomic E-state index is -4.66. The van der Waals surface area contributed by atoms with E-state index in [1.165, 1.54) is 6.92 Å². The molecule has 0 aliphatic carbocycles. The Morgan fingerprint density at radius 3 is 2.00 bits per heavy atom. The minimum Gasteiger partial charge on any atom is -0.367 e. The van der Waals surface area contributed by atoms with Crippen molar-refractivity contribution in [3.63, 3.8) is 0 Å². The first-order valence-electron chi connectivity index (χ1n) is 5.08. The number of hydrogen-bond acceptors (Lipinski definition) is 2. The highest BCUT2D eigenvalue weighted by Gasteiger charge is 2.44. The summed E-state index contributed by atoms with van der Waals surface area (Å²) in [5.74, 6) is 0. The third-order valence-corrected chi connectivity index (χ3v) is 2.08. The van der Waals surface area contributed by atoms with E-state index in [-0.39, 0.29) is 6.42 Å². The van der Waals surface area contributed by atoms with Crippen LogP contribution in [-0.2, 0) is 4.74 Å². The maximum Gasteiger partial charge on any atom is 0.416 e. The number of rotatable bonds is 6. The van der Waals surface area contributed by atoms with Gasteiger partial charge in [-0.05, 0) is 12.8 Å². The van der Waals surface area contributed by atoms with E-state index in [2.05, 4.69) is 4.74 Å². The zero-order valence-electron chi connectivity index (χ0n) is 9.24. The molecule has 0 rings (SSSR count). The van der Waals surface area contributed by atoms with E-state index in [4.69, 9.17) is 5.73 Å². The van der Waals surface area contributed by atoms with Crippen LogP contribution < -0.4 is 5.73 Å². The average Bonchev–Trinajstić information content (AvgIpc) is 2.13. The van der Waals surface area contributed by atoms with Crippen molar-refractivity contribution in [2.45, 2.75) is 50.7 Å². The number of alkyl halides is 6. The molecule has 0 aromatic carbocycles. The topological polar surface area (TPSA) is 35.2 Å². The van der Waals surface area contributed by atoms with Crippen LogP contribution in [0.15, 0.2) is 0 Å². The van der Waals surface area contributed by atoms with Gasteiger partial charge in [0.1, 0.15) is 0 Å². The molecule has 0 saturated carbocycles. The molecule has 0 radical (unpaired) electrons. The molecular formula is C9H15F6NO. The largest absolute Gasteiger partial charge is 0.416 e. The molecule has 0 fully saturated rings. The lowest BCUT2D eigenvalue weighted by Gasteiger charge is -2.25. The smallest absolute Gasteiger partial charge is 0.367 e. The van der Waals surface area contributed by atoms with Crippen molar-refractivity contribution in [3.05, 3.63) is 0 Å². The molecule has 2 N–H and O–H groups in total. The summed E-state index contributed by atoms with van der Waals surface area (Å²) in [6, 6.07) is -1.26. The van der Waals surface area contributed by atoms with Gasteiger partial charge in [-0.15, -0.1) is 0 Å². The van der Waals surface area contributed by atoms with Gasteiger partial charge >= 0.3 is 12.4 Å². The van der Waals surface area contributed by atoms with E-state index in [1.54, 1.807) is 0 Å². The Kier molecular flexibility index (Phi) is 6.25. The lowest BCUT2D eigenvalue weighted by atomic mass is 10.1. The summed E-state index contributed by atoms with van der Waals surface area (Å²) in [6.07, 6.45) is -12.9. The Bertz CT molecular complexity index is 215. The predicted molar refractivity (Wildman–Crippen MR) is 49.4 cm³/mol. The molecule has 104 valence electrons. The van der Waals surface area contributed by atoms with Crippen LogP contribution >= 0.6 is 0 Å². The summed E-state index contributed by atoms with van der Waals surface area (Å²) in [5.41, 5.74) is 5.20. The van der Waals surface area contributed by atoms with Crippen LogP contribution in [-0.4, -0.2) is 31.1 Å². The van der Waals surface area contributed by atoms with Crippen molar-refractivity contribution < 1.29 is 31.1 Å². The molecule has 2 atom stereocenters. The normalized spacial score (nSPS) is 16.9. The van der Waals surface area contributed by atoms with Gasteiger partial charge in [0.25, 0.3) is 0 Å². The maximum atomic E-state index is 12.4. The Hall–Kier alpha value is -0.500.